The Labute approximate surface area is 191 Å². The Morgan fingerprint density at radius 3 is 2.47 bits per heavy atom. The molecule has 2 aromatic carbocycles. The summed E-state index contributed by atoms with van der Waals surface area (Å²) in [6.45, 7) is 4.18. The average Bonchev–Trinajstić information content (AvgIpc) is 3.05. The molecule has 0 aliphatic carbocycles. The summed E-state index contributed by atoms with van der Waals surface area (Å²) >= 11 is 5.95. The highest BCUT2D eigenvalue weighted by Gasteiger charge is 2.45. The van der Waals surface area contributed by atoms with E-state index >= 15 is 0 Å². The van der Waals surface area contributed by atoms with Gasteiger partial charge in [0.2, 0.25) is 0 Å². The molecule has 4 rings (SSSR count). The molecule has 7 nitrogen and oxygen atoms in total. The number of halogens is 1. The van der Waals surface area contributed by atoms with E-state index in [2.05, 4.69) is 4.90 Å². The van der Waals surface area contributed by atoms with Gasteiger partial charge >= 0.3 is 0 Å². The number of aromatic hydroxyl groups is 1. The third-order valence-corrected chi connectivity index (χ3v) is 6.07. The molecule has 1 unspecified atom stereocenters. The molecule has 0 radical (unpaired) electrons. The molecule has 168 valence electrons. The zero-order valence-corrected chi connectivity index (χ0v) is 18.3. The lowest BCUT2D eigenvalue weighted by atomic mass is 9.95. The molecule has 0 spiro atoms. The number of amides is 1. The first-order valence-electron chi connectivity index (χ1n) is 10.6. The fourth-order valence-corrected chi connectivity index (χ4v) is 4.33. The van der Waals surface area contributed by atoms with E-state index in [9.17, 15) is 19.8 Å². The molecule has 0 aromatic heterocycles. The number of hydrogen-bond acceptors (Lipinski definition) is 6. The maximum absolute atomic E-state index is 13.0. The fraction of sp³-hybridized carbons (Fsp3) is 0.333. The summed E-state index contributed by atoms with van der Waals surface area (Å²) in [6, 6.07) is 12.1. The van der Waals surface area contributed by atoms with Gasteiger partial charge in [0.15, 0.2) is 0 Å². The Hall–Kier alpha value is -2.87. The molecule has 0 saturated carbocycles. The molecule has 32 heavy (non-hydrogen) atoms. The summed E-state index contributed by atoms with van der Waals surface area (Å²) in [6.07, 6.45) is 0.670. The third kappa shape index (κ3) is 4.65. The summed E-state index contributed by atoms with van der Waals surface area (Å²) in [7, 11) is 0. The molecule has 2 fully saturated rings. The molecule has 2 aromatic rings. The van der Waals surface area contributed by atoms with Crippen LogP contribution in [0, 0.1) is 0 Å². The molecular formula is C24H25ClN2O5. The van der Waals surface area contributed by atoms with Gasteiger partial charge in [-0.25, -0.2) is 0 Å². The van der Waals surface area contributed by atoms with Crippen molar-refractivity contribution in [2.24, 2.45) is 0 Å². The highest BCUT2D eigenvalue weighted by atomic mass is 35.5. The lowest BCUT2D eigenvalue weighted by molar-refractivity contribution is -0.140. The van der Waals surface area contributed by atoms with Gasteiger partial charge in [0, 0.05) is 36.8 Å². The number of carbonyl (C=O) groups excluding carboxylic acids is 2. The van der Waals surface area contributed by atoms with Gasteiger partial charge in [-0.2, -0.15) is 0 Å². The van der Waals surface area contributed by atoms with Crippen LogP contribution in [0.5, 0.6) is 5.75 Å². The monoisotopic (exact) mass is 456 g/mol. The van der Waals surface area contributed by atoms with Crippen LogP contribution in [0.25, 0.3) is 5.76 Å². The van der Waals surface area contributed by atoms with Gasteiger partial charge < -0.3 is 19.8 Å². The topological polar surface area (TPSA) is 90.3 Å². The summed E-state index contributed by atoms with van der Waals surface area (Å²) in [5.74, 6) is -1.63. The van der Waals surface area contributed by atoms with Crippen molar-refractivity contribution in [2.75, 3.05) is 39.4 Å². The molecule has 2 heterocycles. The second kappa shape index (κ2) is 9.73. The number of phenols is 1. The maximum Gasteiger partial charge on any atom is 0.295 e. The van der Waals surface area contributed by atoms with Gasteiger partial charge in [-0.1, -0.05) is 23.7 Å². The number of ether oxygens (including phenoxy) is 1. The fourth-order valence-electron chi connectivity index (χ4n) is 4.20. The highest BCUT2D eigenvalue weighted by Crippen LogP contribution is 2.40. The van der Waals surface area contributed by atoms with E-state index in [1.165, 1.54) is 17.0 Å². The second-order valence-electron chi connectivity index (χ2n) is 7.90. The highest BCUT2D eigenvalue weighted by molar-refractivity contribution is 6.46. The maximum atomic E-state index is 13.0. The van der Waals surface area contributed by atoms with Crippen LogP contribution in [0.2, 0.25) is 5.02 Å². The van der Waals surface area contributed by atoms with Crippen molar-refractivity contribution in [1.82, 2.24) is 9.80 Å². The molecule has 2 aliphatic rings. The van der Waals surface area contributed by atoms with Crippen LogP contribution in [-0.4, -0.2) is 71.1 Å². The van der Waals surface area contributed by atoms with Crippen molar-refractivity contribution in [1.29, 1.82) is 0 Å². The van der Waals surface area contributed by atoms with Crippen LogP contribution in [0.1, 0.15) is 23.6 Å². The van der Waals surface area contributed by atoms with Crippen LogP contribution >= 0.6 is 11.6 Å². The lowest BCUT2D eigenvalue weighted by Crippen LogP contribution is -2.38. The van der Waals surface area contributed by atoms with Crippen molar-refractivity contribution >= 4 is 29.1 Å². The van der Waals surface area contributed by atoms with E-state index in [1.54, 1.807) is 36.4 Å². The number of Topliss-reactive ketones (excluding diaryl/α,β-unsaturated/α-hetero) is 1. The third-order valence-electron chi connectivity index (χ3n) is 5.82. The van der Waals surface area contributed by atoms with E-state index in [-0.39, 0.29) is 17.1 Å². The van der Waals surface area contributed by atoms with Crippen LogP contribution < -0.4 is 0 Å². The molecule has 2 N–H and O–H groups in total. The van der Waals surface area contributed by atoms with E-state index in [1.807, 2.05) is 0 Å². The SMILES string of the molecule is O=C1C(=O)N(CCCN2CCOCC2)C(c2cccc(O)c2)C1=C(O)c1ccc(Cl)cc1. The van der Waals surface area contributed by atoms with Crippen LogP contribution in [0.15, 0.2) is 54.1 Å². The normalized spacial score (nSPS) is 21.3. The van der Waals surface area contributed by atoms with E-state index in [0.717, 1.165) is 19.6 Å². The number of likely N-dealkylation sites (tertiary alicyclic amines) is 1. The molecule has 0 bridgehead atoms. The Morgan fingerprint density at radius 1 is 1.06 bits per heavy atom. The Kier molecular flexibility index (Phi) is 6.79. The van der Waals surface area contributed by atoms with E-state index in [0.29, 0.717) is 42.3 Å². The minimum absolute atomic E-state index is 0.00861. The average molecular weight is 457 g/mol. The van der Waals surface area contributed by atoms with Gasteiger partial charge in [0.25, 0.3) is 11.7 Å². The second-order valence-corrected chi connectivity index (χ2v) is 8.34. The van der Waals surface area contributed by atoms with Crippen LogP contribution in [-0.2, 0) is 14.3 Å². The van der Waals surface area contributed by atoms with Crippen molar-refractivity contribution in [3.8, 4) is 5.75 Å². The lowest BCUT2D eigenvalue weighted by Gasteiger charge is -2.29. The number of nitrogens with zero attached hydrogens (tertiary/aromatic N) is 2. The standard InChI is InChI=1S/C24H25ClN2O5/c25-18-7-5-16(6-8-18)22(29)20-21(17-3-1-4-19(28)15-17)27(24(31)23(20)30)10-2-9-26-11-13-32-14-12-26/h1,3-8,15,21,28-29H,2,9-14H2. The molecule has 1 atom stereocenters. The largest absolute Gasteiger partial charge is 0.508 e. The number of phenolic OH excluding ortho intramolecular Hbond substituents is 1. The van der Waals surface area contributed by atoms with Gasteiger partial charge in [-0.15, -0.1) is 0 Å². The first-order chi connectivity index (χ1) is 15.5. The Balaban J connectivity index is 1.67. The predicted molar refractivity (Wildman–Crippen MR) is 120 cm³/mol. The van der Waals surface area contributed by atoms with Crippen molar-refractivity contribution in [2.45, 2.75) is 12.5 Å². The number of rotatable bonds is 6. The summed E-state index contributed by atoms with van der Waals surface area (Å²) in [4.78, 5) is 29.7. The summed E-state index contributed by atoms with van der Waals surface area (Å²) in [5.41, 5.74) is 0.964. The molecule has 8 heteroatoms. The van der Waals surface area contributed by atoms with Gasteiger partial charge in [0.1, 0.15) is 11.5 Å². The number of carbonyl (C=O) groups is 2. The Bertz CT molecular complexity index is 1030. The first kappa shape index (κ1) is 22.3. The number of aliphatic hydroxyl groups excluding tert-OH is 1. The minimum atomic E-state index is -0.789. The number of aliphatic hydroxyl groups is 1. The zero-order valence-electron chi connectivity index (χ0n) is 17.5. The molecule has 1 amide bonds. The number of hydrogen-bond donors (Lipinski definition) is 2. The van der Waals surface area contributed by atoms with E-state index in [4.69, 9.17) is 16.3 Å². The van der Waals surface area contributed by atoms with Gasteiger partial charge in [0.05, 0.1) is 24.8 Å². The molecule has 2 saturated heterocycles. The first-order valence-corrected chi connectivity index (χ1v) is 11.0. The minimum Gasteiger partial charge on any atom is -0.508 e. The number of benzene rings is 2. The summed E-state index contributed by atoms with van der Waals surface area (Å²) in [5, 5.41) is 21.5. The van der Waals surface area contributed by atoms with Crippen LogP contribution in [0.4, 0.5) is 0 Å². The number of ketones is 1. The molecule has 2 aliphatic heterocycles. The summed E-state index contributed by atoms with van der Waals surface area (Å²) < 4.78 is 5.37. The van der Waals surface area contributed by atoms with E-state index < -0.39 is 17.7 Å². The van der Waals surface area contributed by atoms with Gasteiger partial charge in [-0.3, -0.25) is 14.5 Å². The van der Waals surface area contributed by atoms with Crippen molar-refractivity contribution in [3.63, 3.8) is 0 Å². The van der Waals surface area contributed by atoms with Crippen LogP contribution in [0.3, 0.4) is 0 Å². The zero-order chi connectivity index (χ0) is 22.7. The number of morpholine rings is 1. The van der Waals surface area contributed by atoms with Crippen molar-refractivity contribution < 1.29 is 24.5 Å². The Morgan fingerprint density at radius 2 is 1.78 bits per heavy atom. The van der Waals surface area contributed by atoms with Gasteiger partial charge in [-0.05, 0) is 48.4 Å². The predicted octanol–water partition coefficient (Wildman–Crippen LogP) is 3.19. The smallest absolute Gasteiger partial charge is 0.295 e. The quantitative estimate of drug-likeness (QED) is 0.394. The molecular weight excluding hydrogens is 432 g/mol. The van der Waals surface area contributed by atoms with Crippen molar-refractivity contribution in [3.05, 3.63) is 70.3 Å².